The first-order chi connectivity index (χ1) is 12.4. The number of halogens is 2. The topological polar surface area (TPSA) is 76.7 Å². The lowest BCUT2D eigenvalue weighted by molar-refractivity contribution is -0.123. The molecule has 0 aliphatic heterocycles. The standard InChI is InChI=1S/C18H18Br2N2O4/c1-3-25-16-7-4-12(9-15(16)20)18(24)22-21-17(23)10-26-13-5-6-14(19)11(2)8-13/h4-9H,3,10H2,1-2H3,(H,21,23)(H,22,24). The van der Waals surface area contributed by atoms with Crippen LogP contribution in [0.5, 0.6) is 11.5 Å². The monoisotopic (exact) mass is 484 g/mol. The van der Waals surface area contributed by atoms with Gasteiger partial charge in [0.15, 0.2) is 6.61 Å². The Morgan fingerprint density at radius 1 is 1.00 bits per heavy atom. The molecule has 0 saturated heterocycles. The van der Waals surface area contributed by atoms with Crippen LogP contribution in [0.25, 0.3) is 0 Å². The van der Waals surface area contributed by atoms with Crippen molar-refractivity contribution in [3.8, 4) is 11.5 Å². The molecule has 2 aromatic carbocycles. The smallest absolute Gasteiger partial charge is 0.276 e. The number of carbonyl (C=O) groups excluding carboxylic acids is 2. The van der Waals surface area contributed by atoms with Gasteiger partial charge in [-0.15, -0.1) is 0 Å². The predicted octanol–water partition coefficient (Wildman–Crippen LogP) is 3.76. The number of nitrogens with one attached hydrogen (secondary N) is 2. The first-order valence-electron chi connectivity index (χ1n) is 7.81. The molecule has 2 rings (SSSR count). The van der Waals surface area contributed by atoms with E-state index in [1.165, 1.54) is 0 Å². The van der Waals surface area contributed by atoms with Crippen LogP contribution in [0.1, 0.15) is 22.8 Å². The van der Waals surface area contributed by atoms with Gasteiger partial charge in [-0.25, -0.2) is 0 Å². The number of rotatable bonds is 6. The van der Waals surface area contributed by atoms with E-state index in [-0.39, 0.29) is 6.61 Å². The number of benzene rings is 2. The minimum atomic E-state index is -0.469. The van der Waals surface area contributed by atoms with Crippen LogP contribution in [0.15, 0.2) is 45.3 Å². The third-order valence-electron chi connectivity index (χ3n) is 3.31. The van der Waals surface area contributed by atoms with Gasteiger partial charge < -0.3 is 9.47 Å². The van der Waals surface area contributed by atoms with Crippen LogP contribution < -0.4 is 20.3 Å². The van der Waals surface area contributed by atoms with Crippen molar-refractivity contribution in [3.05, 3.63) is 56.5 Å². The van der Waals surface area contributed by atoms with Crippen LogP contribution in [0.2, 0.25) is 0 Å². The Hall–Kier alpha value is -2.06. The fourth-order valence-electron chi connectivity index (χ4n) is 2.01. The maximum atomic E-state index is 12.1. The molecule has 8 heteroatoms. The van der Waals surface area contributed by atoms with Crippen molar-refractivity contribution >= 4 is 43.7 Å². The van der Waals surface area contributed by atoms with Gasteiger partial charge in [-0.1, -0.05) is 15.9 Å². The number of hydrazine groups is 1. The summed E-state index contributed by atoms with van der Waals surface area (Å²) in [4.78, 5) is 23.9. The molecule has 0 atom stereocenters. The molecule has 0 heterocycles. The second-order valence-corrected chi connectivity index (χ2v) is 6.99. The Kier molecular flexibility index (Phi) is 7.47. The third kappa shape index (κ3) is 5.74. The van der Waals surface area contributed by atoms with Gasteiger partial charge in [0.2, 0.25) is 0 Å². The predicted molar refractivity (Wildman–Crippen MR) is 105 cm³/mol. The van der Waals surface area contributed by atoms with E-state index in [2.05, 4.69) is 42.7 Å². The zero-order valence-electron chi connectivity index (χ0n) is 14.3. The number of aryl methyl sites for hydroxylation is 1. The Labute approximate surface area is 168 Å². The molecular weight excluding hydrogens is 468 g/mol. The molecule has 6 nitrogen and oxygen atoms in total. The van der Waals surface area contributed by atoms with Crippen molar-refractivity contribution in [2.75, 3.05) is 13.2 Å². The number of hydrogen-bond acceptors (Lipinski definition) is 4. The van der Waals surface area contributed by atoms with E-state index in [0.717, 1.165) is 10.0 Å². The summed E-state index contributed by atoms with van der Waals surface area (Å²) < 4.78 is 12.4. The zero-order valence-corrected chi connectivity index (χ0v) is 17.4. The Balaban J connectivity index is 1.83. The highest BCUT2D eigenvalue weighted by Gasteiger charge is 2.11. The van der Waals surface area contributed by atoms with Crippen molar-refractivity contribution < 1.29 is 19.1 Å². The van der Waals surface area contributed by atoms with Crippen LogP contribution in [-0.4, -0.2) is 25.0 Å². The zero-order chi connectivity index (χ0) is 19.1. The molecule has 0 radical (unpaired) electrons. The average molecular weight is 486 g/mol. The number of ether oxygens (including phenoxy) is 2. The van der Waals surface area contributed by atoms with Crippen molar-refractivity contribution in [1.29, 1.82) is 0 Å². The molecule has 2 amide bonds. The third-order valence-corrected chi connectivity index (χ3v) is 4.82. The molecule has 2 aromatic rings. The highest BCUT2D eigenvalue weighted by molar-refractivity contribution is 9.10. The van der Waals surface area contributed by atoms with E-state index in [4.69, 9.17) is 9.47 Å². The van der Waals surface area contributed by atoms with Crippen LogP contribution >= 0.6 is 31.9 Å². The van der Waals surface area contributed by atoms with Gasteiger partial charge in [-0.05, 0) is 71.7 Å². The Morgan fingerprint density at radius 3 is 2.42 bits per heavy atom. The van der Waals surface area contributed by atoms with Crippen molar-refractivity contribution in [2.45, 2.75) is 13.8 Å². The molecule has 0 fully saturated rings. The summed E-state index contributed by atoms with van der Waals surface area (Å²) in [7, 11) is 0. The Bertz CT molecular complexity index is 812. The summed E-state index contributed by atoms with van der Waals surface area (Å²) in [5.41, 5.74) is 6.04. The van der Waals surface area contributed by atoms with E-state index in [0.29, 0.717) is 28.1 Å². The fourth-order valence-corrected chi connectivity index (χ4v) is 2.75. The molecule has 0 unspecified atom stereocenters. The van der Waals surface area contributed by atoms with E-state index < -0.39 is 11.8 Å². The maximum Gasteiger partial charge on any atom is 0.276 e. The molecule has 138 valence electrons. The summed E-state index contributed by atoms with van der Waals surface area (Å²) >= 11 is 6.74. The minimum absolute atomic E-state index is 0.214. The number of amides is 2. The SMILES string of the molecule is CCOc1ccc(C(=O)NNC(=O)COc2ccc(Br)c(C)c2)cc1Br. The van der Waals surface area contributed by atoms with Gasteiger partial charge in [-0.2, -0.15) is 0 Å². The summed E-state index contributed by atoms with van der Waals surface area (Å²) in [5, 5.41) is 0. The molecule has 0 spiro atoms. The van der Waals surface area contributed by atoms with Crippen LogP contribution in [0, 0.1) is 6.92 Å². The molecule has 0 aliphatic carbocycles. The second kappa shape index (κ2) is 9.59. The van der Waals surface area contributed by atoms with E-state index in [1.807, 2.05) is 26.0 Å². The lowest BCUT2D eigenvalue weighted by Crippen LogP contribution is -2.43. The van der Waals surface area contributed by atoms with Gasteiger partial charge >= 0.3 is 0 Å². The molecule has 26 heavy (non-hydrogen) atoms. The molecule has 0 bridgehead atoms. The lowest BCUT2D eigenvalue weighted by Gasteiger charge is -2.11. The van der Waals surface area contributed by atoms with E-state index in [1.54, 1.807) is 24.3 Å². The van der Waals surface area contributed by atoms with Crippen molar-refractivity contribution in [2.24, 2.45) is 0 Å². The molecule has 2 N–H and O–H groups in total. The average Bonchev–Trinajstić information content (AvgIpc) is 2.62. The van der Waals surface area contributed by atoms with E-state index >= 15 is 0 Å². The second-order valence-electron chi connectivity index (χ2n) is 5.28. The molecule has 0 aliphatic rings. The number of hydrogen-bond donors (Lipinski definition) is 2. The quantitative estimate of drug-likeness (QED) is 0.611. The van der Waals surface area contributed by atoms with Gasteiger partial charge in [0.05, 0.1) is 11.1 Å². The number of carbonyl (C=O) groups is 2. The minimum Gasteiger partial charge on any atom is -0.493 e. The van der Waals surface area contributed by atoms with Crippen LogP contribution in [0.3, 0.4) is 0 Å². The Morgan fingerprint density at radius 2 is 1.77 bits per heavy atom. The normalized spacial score (nSPS) is 10.2. The van der Waals surface area contributed by atoms with E-state index in [9.17, 15) is 9.59 Å². The van der Waals surface area contributed by atoms with Crippen molar-refractivity contribution in [1.82, 2.24) is 10.9 Å². The molecular formula is C18H18Br2N2O4. The molecule has 0 saturated carbocycles. The first kappa shape index (κ1) is 20.3. The summed E-state index contributed by atoms with van der Waals surface area (Å²) in [5.74, 6) is 0.305. The largest absolute Gasteiger partial charge is 0.493 e. The highest BCUT2D eigenvalue weighted by Crippen LogP contribution is 2.26. The highest BCUT2D eigenvalue weighted by atomic mass is 79.9. The van der Waals surface area contributed by atoms with Crippen molar-refractivity contribution in [3.63, 3.8) is 0 Å². The summed E-state index contributed by atoms with van der Waals surface area (Å²) in [6.45, 7) is 4.11. The molecule has 0 aromatic heterocycles. The van der Waals surface area contributed by atoms with Gasteiger partial charge in [-0.3, -0.25) is 20.4 Å². The summed E-state index contributed by atoms with van der Waals surface area (Å²) in [6, 6.07) is 10.3. The van der Waals surface area contributed by atoms with Gasteiger partial charge in [0, 0.05) is 10.0 Å². The lowest BCUT2D eigenvalue weighted by atomic mass is 10.2. The van der Waals surface area contributed by atoms with Gasteiger partial charge in [0.25, 0.3) is 11.8 Å². The summed E-state index contributed by atoms with van der Waals surface area (Å²) in [6.07, 6.45) is 0. The van der Waals surface area contributed by atoms with Crippen LogP contribution in [-0.2, 0) is 4.79 Å². The first-order valence-corrected chi connectivity index (χ1v) is 9.39. The maximum absolute atomic E-state index is 12.1. The van der Waals surface area contributed by atoms with Crippen LogP contribution in [0.4, 0.5) is 0 Å². The fraction of sp³-hybridized carbons (Fsp3) is 0.222. The van der Waals surface area contributed by atoms with Gasteiger partial charge in [0.1, 0.15) is 11.5 Å².